The summed E-state index contributed by atoms with van der Waals surface area (Å²) >= 11 is 0. The van der Waals surface area contributed by atoms with E-state index in [0.717, 1.165) is 5.56 Å². The minimum Gasteiger partial charge on any atom is -0.369 e. The van der Waals surface area contributed by atoms with Gasteiger partial charge in [0.15, 0.2) is 5.69 Å². The van der Waals surface area contributed by atoms with Crippen molar-refractivity contribution >= 4 is 22.6 Å². The van der Waals surface area contributed by atoms with E-state index in [0.29, 0.717) is 16.5 Å². The van der Waals surface area contributed by atoms with Gasteiger partial charge in [-0.25, -0.2) is 4.39 Å². The summed E-state index contributed by atoms with van der Waals surface area (Å²) in [6, 6.07) is 21.2. The fourth-order valence-corrected chi connectivity index (χ4v) is 3.58. The molecule has 166 valence electrons. The van der Waals surface area contributed by atoms with Gasteiger partial charge in [0.1, 0.15) is 5.82 Å². The molecule has 1 heterocycles. The Kier molecular flexibility index (Phi) is 6.26. The lowest BCUT2D eigenvalue weighted by Gasteiger charge is -2.15. The summed E-state index contributed by atoms with van der Waals surface area (Å²) in [5.41, 5.74) is 6.47. The van der Waals surface area contributed by atoms with Crippen molar-refractivity contribution in [3.05, 3.63) is 106 Å². The topological polar surface area (TPSA) is 107 Å². The van der Waals surface area contributed by atoms with Gasteiger partial charge in [0.25, 0.3) is 11.5 Å². The number of fused-ring (bicyclic) bond motifs is 1. The molecule has 33 heavy (non-hydrogen) atoms. The lowest BCUT2D eigenvalue weighted by Crippen LogP contribution is -2.38. The van der Waals surface area contributed by atoms with E-state index in [-0.39, 0.29) is 30.0 Å². The lowest BCUT2D eigenvalue weighted by molar-refractivity contribution is -0.121. The van der Waals surface area contributed by atoms with Crippen molar-refractivity contribution in [2.75, 3.05) is 6.54 Å². The van der Waals surface area contributed by atoms with Gasteiger partial charge in [0.2, 0.25) is 5.91 Å². The number of carbonyl (C=O) groups is 2. The summed E-state index contributed by atoms with van der Waals surface area (Å²) < 4.78 is 14.3. The molecule has 1 aromatic heterocycles. The van der Waals surface area contributed by atoms with Crippen LogP contribution < -0.4 is 16.6 Å². The molecule has 0 fully saturated rings. The van der Waals surface area contributed by atoms with Crippen molar-refractivity contribution in [3.8, 4) is 5.69 Å². The first kappa shape index (κ1) is 21.9. The number of rotatable bonds is 7. The molecule has 7 nitrogen and oxygen atoms in total. The Bertz CT molecular complexity index is 1370. The first-order valence-electron chi connectivity index (χ1n) is 10.3. The largest absolute Gasteiger partial charge is 0.369 e. The minimum atomic E-state index is -0.703. The van der Waals surface area contributed by atoms with Gasteiger partial charge in [-0.1, -0.05) is 48.5 Å². The Morgan fingerprint density at radius 3 is 2.24 bits per heavy atom. The van der Waals surface area contributed by atoms with Gasteiger partial charge in [-0.2, -0.15) is 9.78 Å². The number of hydrogen-bond acceptors (Lipinski definition) is 4. The normalized spacial score (nSPS) is 11.8. The number of nitrogens with one attached hydrogen (secondary N) is 1. The van der Waals surface area contributed by atoms with Gasteiger partial charge in [-0.3, -0.25) is 14.4 Å². The number of primary amides is 1. The molecule has 1 unspecified atom stereocenters. The molecular formula is C25H21FN4O3. The second-order valence-corrected chi connectivity index (χ2v) is 7.59. The first-order chi connectivity index (χ1) is 15.9. The Balaban J connectivity index is 1.63. The molecule has 0 bridgehead atoms. The molecule has 0 saturated carbocycles. The Morgan fingerprint density at radius 2 is 1.58 bits per heavy atom. The molecule has 8 heteroatoms. The van der Waals surface area contributed by atoms with Crippen LogP contribution >= 0.6 is 0 Å². The quantitative estimate of drug-likeness (QED) is 0.457. The highest BCUT2D eigenvalue weighted by Gasteiger charge is 2.21. The summed E-state index contributed by atoms with van der Waals surface area (Å²) in [7, 11) is 0. The molecule has 3 aromatic carbocycles. The van der Waals surface area contributed by atoms with E-state index in [1.54, 1.807) is 60.7 Å². The SMILES string of the molecule is NC(=O)C(CNC(=O)c1nn(-c2ccccc2)c(=O)c2ccccc12)Cc1ccc(F)cc1. The Morgan fingerprint density at radius 1 is 0.939 bits per heavy atom. The van der Waals surface area contributed by atoms with Crippen molar-refractivity contribution in [1.29, 1.82) is 0 Å². The van der Waals surface area contributed by atoms with Gasteiger partial charge >= 0.3 is 0 Å². The van der Waals surface area contributed by atoms with E-state index in [9.17, 15) is 18.8 Å². The van der Waals surface area contributed by atoms with E-state index in [1.165, 1.54) is 16.8 Å². The maximum atomic E-state index is 13.2. The minimum absolute atomic E-state index is 0.0357. The third kappa shape index (κ3) is 4.79. The predicted octanol–water partition coefficient (Wildman–Crippen LogP) is 2.60. The molecule has 0 aliphatic rings. The van der Waals surface area contributed by atoms with Crippen molar-refractivity contribution in [2.24, 2.45) is 11.7 Å². The van der Waals surface area contributed by atoms with Crippen molar-refractivity contribution in [2.45, 2.75) is 6.42 Å². The number of aromatic nitrogens is 2. The van der Waals surface area contributed by atoms with Crippen LogP contribution in [0.2, 0.25) is 0 Å². The number of halogens is 1. The highest BCUT2D eigenvalue weighted by Crippen LogP contribution is 2.16. The molecule has 0 saturated heterocycles. The van der Waals surface area contributed by atoms with Crippen molar-refractivity contribution < 1.29 is 14.0 Å². The fourth-order valence-electron chi connectivity index (χ4n) is 3.58. The zero-order valence-corrected chi connectivity index (χ0v) is 17.6. The van der Waals surface area contributed by atoms with Crippen LogP contribution in [0, 0.1) is 11.7 Å². The second kappa shape index (κ2) is 9.44. The standard InChI is InChI=1S/C25H21FN4O3/c26-18-12-10-16(11-13-18)14-17(23(27)31)15-28-24(32)22-20-8-4-5-9-21(20)25(33)30(29-22)19-6-2-1-3-7-19/h1-13,17H,14-15H2,(H2,27,31)(H,28,32). The number of nitrogens with two attached hydrogens (primary N) is 1. The van der Waals surface area contributed by atoms with Crippen LogP contribution in [-0.4, -0.2) is 28.1 Å². The molecule has 3 N–H and O–H groups in total. The predicted molar refractivity (Wildman–Crippen MR) is 122 cm³/mol. The Hall–Kier alpha value is -4.33. The highest BCUT2D eigenvalue weighted by molar-refractivity contribution is 6.05. The summed E-state index contributed by atoms with van der Waals surface area (Å²) in [6.45, 7) is -0.0357. The van der Waals surface area contributed by atoms with E-state index >= 15 is 0 Å². The zero-order valence-electron chi connectivity index (χ0n) is 17.6. The number of carbonyl (C=O) groups excluding carboxylic acids is 2. The van der Waals surface area contributed by atoms with Crippen molar-refractivity contribution in [1.82, 2.24) is 15.1 Å². The average molecular weight is 444 g/mol. The van der Waals surface area contributed by atoms with E-state index < -0.39 is 17.7 Å². The number of nitrogens with zero attached hydrogens (tertiary/aromatic N) is 2. The van der Waals surface area contributed by atoms with Gasteiger partial charge in [0, 0.05) is 11.9 Å². The highest BCUT2D eigenvalue weighted by atomic mass is 19.1. The molecule has 0 aliphatic carbocycles. The second-order valence-electron chi connectivity index (χ2n) is 7.59. The van der Waals surface area contributed by atoms with Crippen LogP contribution in [-0.2, 0) is 11.2 Å². The summed E-state index contributed by atoms with van der Waals surface area (Å²) in [5.74, 6) is -2.21. The smallest absolute Gasteiger partial charge is 0.279 e. The number of hydrogen-bond donors (Lipinski definition) is 2. The van der Waals surface area contributed by atoms with Crippen molar-refractivity contribution in [3.63, 3.8) is 0 Å². The molecule has 0 aliphatic heterocycles. The van der Waals surface area contributed by atoms with Crippen LogP contribution in [0.15, 0.2) is 83.7 Å². The third-order valence-corrected chi connectivity index (χ3v) is 5.33. The third-order valence-electron chi connectivity index (χ3n) is 5.33. The van der Waals surface area contributed by atoms with E-state index in [1.807, 2.05) is 6.07 Å². The zero-order chi connectivity index (χ0) is 23.4. The van der Waals surface area contributed by atoms with E-state index in [2.05, 4.69) is 10.4 Å². The monoisotopic (exact) mass is 444 g/mol. The fraction of sp³-hybridized carbons (Fsp3) is 0.120. The van der Waals surface area contributed by atoms with Crippen LogP contribution in [0.4, 0.5) is 4.39 Å². The molecule has 0 spiro atoms. The summed E-state index contributed by atoms with van der Waals surface area (Å²) in [6.07, 6.45) is 0.244. The molecule has 0 radical (unpaired) electrons. The molecule has 1 atom stereocenters. The van der Waals surface area contributed by atoms with Crippen LogP contribution in [0.25, 0.3) is 16.5 Å². The Labute approximate surface area is 188 Å². The van der Waals surface area contributed by atoms with Gasteiger partial charge < -0.3 is 11.1 Å². The number of benzene rings is 3. The summed E-state index contributed by atoms with van der Waals surface area (Å²) in [4.78, 5) is 38.0. The first-order valence-corrected chi connectivity index (χ1v) is 10.3. The number of para-hydroxylation sites is 1. The molecule has 2 amide bonds. The molecular weight excluding hydrogens is 423 g/mol. The lowest BCUT2D eigenvalue weighted by atomic mass is 9.98. The van der Waals surface area contributed by atoms with Gasteiger partial charge in [-0.15, -0.1) is 0 Å². The number of amides is 2. The van der Waals surface area contributed by atoms with Gasteiger partial charge in [0.05, 0.1) is 17.0 Å². The van der Waals surface area contributed by atoms with Crippen LogP contribution in [0.5, 0.6) is 0 Å². The maximum absolute atomic E-state index is 13.2. The van der Waals surface area contributed by atoms with E-state index in [4.69, 9.17) is 5.73 Å². The molecule has 4 aromatic rings. The molecule has 4 rings (SSSR count). The van der Waals surface area contributed by atoms with Gasteiger partial charge in [-0.05, 0) is 42.3 Å². The average Bonchev–Trinajstić information content (AvgIpc) is 2.83. The maximum Gasteiger partial charge on any atom is 0.279 e. The van der Waals surface area contributed by atoms with Crippen LogP contribution in [0.3, 0.4) is 0 Å². The van der Waals surface area contributed by atoms with Crippen LogP contribution in [0.1, 0.15) is 16.1 Å². The summed E-state index contributed by atoms with van der Waals surface area (Å²) in [5, 5.41) is 7.78.